The van der Waals surface area contributed by atoms with Gasteiger partial charge in [0, 0.05) is 35.7 Å². The molecule has 2 aromatic rings. The van der Waals surface area contributed by atoms with E-state index in [1.54, 1.807) is 6.07 Å². The summed E-state index contributed by atoms with van der Waals surface area (Å²) in [5.74, 6) is -0.648. The van der Waals surface area contributed by atoms with Gasteiger partial charge < -0.3 is 5.32 Å². The second-order valence-corrected chi connectivity index (χ2v) is 6.28. The number of anilines is 1. The highest BCUT2D eigenvalue weighted by atomic mass is 16.6. The van der Waals surface area contributed by atoms with E-state index in [9.17, 15) is 24.5 Å². The molecule has 2 aliphatic rings. The second kappa shape index (κ2) is 5.80. The number of fused-ring (bicyclic) bond motifs is 1. The molecule has 0 saturated heterocycles. The maximum atomic E-state index is 12.6. The van der Waals surface area contributed by atoms with Gasteiger partial charge in [0.05, 0.1) is 10.5 Å². The minimum absolute atomic E-state index is 0.105. The molecule has 26 heavy (non-hydrogen) atoms. The summed E-state index contributed by atoms with van der Waals surface area (Å²) >= 11 is 0. The fraction of sp³-hybridized carbons (Fsp3) is 0.235. The van der Waals surface area contributed by atoms with E-state index in [0.29, 0.717) is 36.1 Å². The molecule has 2 heterocycles. The minimum Gasteiger partial charge on any atom is -0.344 e. The molecule has 0 fully saturated rings. The number of nitro benzene ring substituents is 1. The Morgan fingerprint density at radius 1 is 1.12 bits per heavy atom. The zero-order valence-corrected chi connectivity index (χ0v) is 13.5. The number of Topliss-reactive ketones (excluding diaryl/α,β-unsaturated/α-hetero) is 1. The number of rotatable bonds is 2. The van der Waals surface area contributed by atoms with E-state index in [0.717, 1.165) is 0 Å². The van der Waals surface area contributed by atoms with Crippen LogP contribution in [0.5, 0.6) is 0 Å². The lowest BCUT2D eigenvalue weighted by atomic mass is 9.76. The predicted molar refractivity (Wildman–Crippen MR) is 92.1 cm³/mol. The summed E-state index contributed by atoms with van der Waals surface area (Å²) < 4.78 is 0. The number of H-pyrrole nitrogens is 2. The Hall–Kier alpha value is -3.49. The molecule has 0 bridgehead atoms. The van der Waals surface area contributed by atoms with Gasteiger partial charge in [-0.3, -0.25) is 29.7 Å². The van der Waals surface area contributed by atoms with Crippen molar-refractivity contribution in [2.75, 3.05) is 5.32 Å². The van der Waals surface area contributed by atoms with Crippen molar-refractivity contribution in [3.05, 3.63) is 77.6 Å². The topological polar surface area (TPSA) is 138 Å². The van der Waals surface area contributed by atoms with Crippen LogP contribution in [0.1, 0.15) is 36.3 Å². The van der Waals surface area contributed by atoms with Crippen LogP contribution in [0.4, 0.5) is 11.5 Å². The molecule has 9 nitrogen and oxygen atoms in total. The van der Waals surface area contributed by atoms with Crippen molar-refractivity contribution >= 4 is 17.3 Å². The molecule has 1 aromatic heterocycles. The van der Waals surface area contributed by atoms with Gasteiger partial charge in [0.1, 0.15) is 5.82 Å². The van der Waals surface area contributed by atoms with E-state index in [1.807, 2.05) is 0 Å². The summed E-state index contributed by atoms with van der Waals surface area (Å²) in [6.07, 6.45) is 1.61. The molecule has 1 atom stereocenters. The fourth-order valence-electron chi connectivity index (χ4n) is 3.64. The van der Waals surface area contributed by atoms with Crippen molar-refractivity contribution in [1.29, 1.82) is 0 Å². The molecule has 0 amide bonds. The highest BCUT2D eigenvalue weighted by molar-refractivity contribution is 6.00. The van der Waals surface area contributed by atoms with E-state index in [2.05, 4.69) is 15.3 Å². The van der Waals surface area contributed by atoms with Crippen molar-refractivity contribution in [3.63, 3.8) is 0 Å². The van der Waals surface area contributed by atoms with E-state index < -0.39 is 22.1 Å². The first kappa shape index (κ1) is 16.0. The number of nitro groups is 1. The zero-order chi connectivity index (χ0) is 18.4. The third-order valence-electron chi connectivity index (χ3n) is 4.70. The van der Waals surface area contributed by atoms with E-state index >= 15 is 0 Å². The number of carbonyl (C=O) groups excluding carboxylic acids is 1. The summed E-state index contributed by atoms with van der Waals surface area (Å²) in [6.45, 7) is 0. The maximum Gasteiger partial charge on any atom is 0.327 e. The molecular formula is C17H14N4O5. The molecule has 132 valence electrons. The third-order valence-corrected chi connectivity index (χ3v) is 4.70. The van der Waals surface area contributed by atoms with Crippen molar-refractivity contribution < 1.29 is 9.72 Å². The van der Waals surface area contributed by atoms with Gasteiger partial charge in [-0.25, -0.2) is 4.79 Å². The van der Waals surface area contributed by atoms with Crippen LogP contribution < -0.4 is 16.6 Å². The van der Waals surface area contributed by atoms with Crippen LogP contribution in [0.3, 0.4) is 0 Å². The minimum atomic E-state index is -0.769. The number of carbonyl (C=O) groups is 1. The van der Waals surface area contributed by atoms with Crippen LogP contribution in [0.15, 0.2) is 45.1 Å². The number of aromatic amines is 2. The first-order chi connectivity index (χ1) is 12.5. The molecule has 1 aromatic carbocycles. The van der Waals surface area contributed by atoms with Gasteiger partial charge in [0.25, 0.3) is 11.2 Å². The molecule has 3 N–H and O–H groups in total. The van der Waals surface area contributed by atoms with Gasteiger partial charge in [-0.1, -0.05) is 12.1 Å². The van der Waals surface area contributed by atoms with E-state index in [1.165, 1.54) is 18.2 Å². The Labute approximate surface area is 145 Å². The number of nitrogens with one attached hydrogen (secondary N) is 3. The Balaban J connectivity index is 2.01. The van der Waals surface area contributed by atoms with E-state index in [-0.39, 0.29) is 22.9 Å². The largest absolute Gasteiger partial charge is 0.344 e. The highest BCUT2D eigenvalue weighted by Gasteiger charge is 2.37. The first-order valence-corrected chi connectivity index (χ1v) is 8.10. The van der Waals surface area contributed by atoms with Crippen molar-refractivity contribution in [1.82, 2.24) is 9.97 Å². The number of benzene rings is 1. The maximum absolute atomic E-state index is 12.6. The number of allylic oxidation sites excluding steroid dienone is 2. The number of hydrogen-bond donors (Lipinski definition) is 3. The van der Waals surface area contributed by atoms with Crippen LogP contribution in [-0.4, -0.2) is 20.7 Å². The lowest BCUT2D eigenvalue weighted by Gasteiger charge is -2.32. The fourth-order valence-corrected chi connectivity index (χ4v) is 3.64. The number of hydrogen-bond acceptors (Lipinski definition) is 6. The van der Waals surface area contributed by atoms with Crippen LogP contribution in [0.2, 0.25) is 0 Å². The number of non-ortho nitro benzene ring substituents is 1. The molecule has 1 aliphatic heterocycles. The molecule has 9 heteroatoms. The Morgan fingerprint density at radius 3 is 2.69 bits per heavy atom. The molecule has 0 unspecified atom stereocenters. The number of aromatic nitrogens is 2. The molecule has 0 radical (unpaired) electrons. The standard InChI is InChI=1S/C17H14N4O5/c22-11-6-2-5-10-13(11)12(8-3-1-4-9(7-8)21(25)26)14-15(18-10)19-17(24)20-16(14)23/h1,3-4,7,12H,2,5-6H2,(H3,18,19,20,23,24)/t12-/m1/s1. The summed E-state index contributed by atoms with van der Waals surface area (Å²) in [5, 5.41) is 14.1. The Morgan fingerprint density at radius 2 is 1.92 bits per heavy atom. The van der Waals surface area contributed by atoms with Crippen LogP contribution in [0.25, 0.3) is 0 Å². The summed E-state index contributed by atoms with van der Waals surface area (Å²) in [6, 6.07) is 5.86. The SMILES string of the molecule is O=C1CCCC2=C1[C@@H](c1cccc([N+](=O)[O-])c1)c1c([nH]c(=O)[nH]c1=O)N2. The van der Waals surface area contributed by atoms with Gasteiger partial charge in [-0.15, -0.1) is 0 Å². The molecule has 4 rings (SSSR count). The summed E-state index contributed by atoms with van der Waals surface area (Å²) in [7, 11) is 0. The monoisotopic (exact) mass is 354 g/mol. The average molecular weight is 354 g/mol. The third kappa shape index (κ3) is 2.44. The van der Waals surface area contributed by atoms with Crippen molar-refractivity contribution in [2.24, 2.45) is 0 Å². The van der Waals surface area contributed by atoms with Crippen molar-refractivity contribution in [2.45, 2.75) is 25.2 Å². The average Bonchev–Trinajstić information content (AvgIpc) is 2.60. The van der Waals surface area contributed by atoms with E-state index in [4.69, 9.17) is 0 Å². The lowest BCUT2D eigenvalue weighted by molar-refractivity contribution is -0.384. The normalized spacial score (nSPS) is 18.8. The van der Waals surface area contributed by atoms with Gasteiger partial charge in [-0.2, -0.15) is 0 Å². The molecular weight excluding hydrogens is 340 g/mol. The van der Waals surface area contributed by atoms with Gasteiger partial charge in [-0.05, 0) is 18.4 Å². The molecule has 1 aliphatic carbocycles. The van der Waals surface area contributed by atoms with Crippen LogP contribution in [-0.2, 0) is 4.79 Å². The smallest absolute Gasteiger partial charge is 0.327 e. The summed E-state index contributed by atoms with van der Waals surface area (Å²) in [4.78, 5) is 52.1. The van der Waals surface area contributed by atoms with Gasteiger partial charge >= 0.3 is 5.69 Å². The van der Waals surface area contributed by atoms with Crippen LogP contribution >= 0.6 is 0 Å². The Kier molecular flexibility index (Phi) is 3.57. The predicted octanol–water partition coefficient (Wildman–Crippen LogP) is 1.54. The highest BCUT2D eigenvalue weighted by Crippen LogP contribution is 2.43. The molecule has 0 spiro atoms. The lowest BCUT2D eigenvalue weighted by Crippen LogP contribution is -2.36. The quantitative estimate of drug-likeness (QED) is 0.552. The number of nitrogens with zero attached hydrogens (tertiary/aromatic N) is 1. The molecule has 0 saturated carbocycles. The number of ketones is 1. The van der Waals surface area contributed by atoms with Gasteiger partial charge in [0.15, 0.2) is 5.78 Å². The van der Waals surface area contributed by atoms with Gasteiger partial charge in [0.2, 0.25) is 0 Å². The second-order valence-electron chi connectivity index (χ2n) is 6.28. The summed E-state index contributed by atoms with van der Waals surface area (Å²) in [5.41, 5.74) is 0.298. The van der Waals surface area contributed by atoms with Crippen molar-refractivity contribution in [3.8, 4) is 0 Å². The Bertz CT molecular complexity index is 1090. The first-order valence-electron chi connectivity index (χ1n) is 8.10. The zero-order valence-electron chi connectivity index (χ0n) is 13.5. The van der Waals surface area contributed by atoms with Crippen LogP contribution in [0, 0.1) is 10.1 Å².